The lowest BCUT2D eigenvalue weighted by molar-refractivity contribution is -0.136. The Morgan fingerprint density at radius 2 is 1.83 bits per heavy atom. The van der Waals surface area contributed by atoms with Gasteiger partial charge in [-0.1, -0.05) is 12.1 Å². The van der Waals surface area contributed by atoms with Crippen LogP contribution < -0.4 is 5.32 Å². The van der Waals surface area contributed by atoms with Crippen LogP contribution in [0.4, 0.5) is 4.39 Å². The third-order valence-electron chi connectivity index (χ3n) is 7.72. The highest BCUT2D eigenvalue weighted by Gasteiger charge is 2.40. The summed E-state index contributed by atoms with van der Waals surface area (Å²) in [5.41, 5.74) is 4.26. The van der Waals surface area contributed by atoms with Crippen LogP contribution in [0.2, 0.25) is 0 Å². The van der Waals surface area contributed by atoms with Crippen LogP contribution in [0.5, 0.6) is 0 Å². The zero-order chi connectivity index (χ0) is 24.1. The smallest absolute Gasteiger partial charge is 0.255 e. The van der Waals surface area contributed by atoms with E-state index in [2.05, 4.69) is 32.9 Å². The summed E-state index contributed by atoms with van der Waals surface area (Å²) in [5, 5.41) is 2.31. The molecule has 1 unspecified atom stereocenters. The largest absolute Gasteiger partial charge is 0.324 e. The molecular formula is C27H27FN4O3. The van der Waals surface area contributed by atoms with Gasteiger partial charge in [-0.15, -0.1) is 0 Å². The third kappa shape index (κ3) is 3.91. The van der Waals surface area contributed by atoms with E-state index in [9.17, 15) is 14.4 Å². The van der Waals surface area contributed by atoms with Crippen molar-refractivity contribution in [2.45, 2.75) is 50.7 Å². The summed E-state index contributed by atoms with van der Waals surface area (Å²) in [5.74, 6) is -1.36. The van der Waals surface area contributed by atoms with Crippen LogP contribution in [0.3, 0.4) is 0 Å². The van der Waals surface area contributed by atoms with Crippen LogP contribution in [0, 0.1) is 5.82 Å². The van der Waals surface area contributed by atoms with E-state index in [1.165, 1.54) is 22.0 Å². The van der Waals surface area contributed by atoms with Crippen molar-refractivity contribution in [2.75, 3.05) is 13.1 Å². The summed E-state index contributed by atoms with van der Waals surface area (Å²) in [6.07, 6.45) is 6.34. The van der Waals surface area contributed by atoms with Crippen LogP contribution in [0.15, 0.2) is 48.8 Å². The van der Waals surface area contributed by atoms with Gasteiger partial charge in [-0.25, -0.2) is 4.39 Å². The molecule has 3 amide bonds. The molecule has 2 fully saturated rings. The zero-order valence-corrected chi connectivity index (χ0v) is 19.4. The number of hydrogen-bond acceptors (Lipinski definition) is 4. The molecule has 6 rings (SSSR count). The minimum Gasteiger partial charge on any atom is -0.324 e. The Kier molecular flexibility index (Phi) is 5.40. The fraction of sp³-hybridized carbons (Fsp3) is 0.370. The van der Waals surface area contributed by atoms with Crippen molar-refractivity contribution in [3.05, 3.63) is 76.9 Å². The normalized spacial score (nSPS) is 21.6. The number of pyridine rings is 1. The van der Waals surface area contributed by atoms with E-state index in [1.807, 2.05) is 24.4 Å². The first-order valence-corrected chi connectivity index (χ1v) is 12.2. The number of imide groups is 1. The first-order valence-electron chi connectivity index (χ1n) is 12.2. The number of nitrogens with zero attached hydrogens (tertiary/aromatic N) is 3. The van der Waals surface area contributed by atoms with Crippen molar-refractivity contribution in [3.8, 4) is 0 Å². The minimum absolute atomic E-state index is 0.0992. The number of amides is 3. The maximum absolute atomic E-state index is 15.2. The second-order valence-corrected chi connectivity index (χ2v) is 9.82. The van der Waals surface area contributed by atoms with E-state index in [4.69, 9.17) is 0 Å². The summed E-state index contributed by atoms with van der Waals surface area (Å²) < 4.78 is 17.3. The molecule has 2 saturated heterocycles. The van der Waals surface area contributed by atoms with Gasteiger partial charge in [-0.3, -0.25) is 24.6 Å². The number of rotatable bonds is 4. The van der Waals surface area contributed by atoms with Crippen molar-refractivity contribution < 1.29 is 18.8 Å². The molecule has 1 N–H and O–H groups in total. The van der Waals surface area contributed by atoms with Crippen LogP contribution in [-0.2, 0) is 22.7 Å². The second-order valence-electron chi connectivity index (χ2n) is 9.82. The summed E-state index contributed by atoms with van der Waals surface area (Å²) in [6, 6.07) is 10.8. The van der Waals surface area contributed by atoms with Crippen molar-refractivity contribution in [3.63, 3.8) is 0 Å². The molecule has 35 heavy (non-hydrogen) atoms. The second kappa shape index (κ2) is 8.61. The van der Waals surface area contributed by atoms with Crippen molar-refractivity contribution in [2.24, 2.45) is 0 Å². The molecule has 3 aliphatic heterocycles. The monoisotopic (exact) mass is 474 g/mol. The van der Waals surface area contributed by atoms with E-state index >= 15 is 4.39 Å². The topological polar surface area (TPSA) is 74.1 Å². The maximum atomic E-state index is 15.2. The average molecular weight is 475 g/mol. The van der Waals surface area contributed by atoms with Crippen LogP contribution in [0.25, 0.3) is 5.52 Å². The van der Waals surface area contributed by atoms with Crippen LogP contribution in [-0.4, -0.2) is 51.1 Å². The molecule has 5 heterocycles. The number of carbonyl (C=O) groups excluding carboxylic acids is 3. The van der Waals surface area contributed by atoms with Gasteiger partial charge in [0.2, 0.25) is 11.8 Å². The summed E-state index contributed by atoms with van der Waals surface area (Å²) >= 11 is 0. The Morgan fingerprint density at radius 3 is 2.63 bits per heavy atom. The standard InChI is InChI=1S/C27H27FN4O3/c28-22-14-21-19(16-32(27(21)35)24-4-5-25(33)29-26(24)34)13-20(22)17-6-10-30(11-7-17)15-18-8-12-31-9-2-1-3-23(18)31/h1-3,8-9,12-14,17,24H,4-7,10-11,15-16H2,(H,29,33,34). The van der Waals surface area contributed by atoms with Gasteiger partial charge in [0, 0.05) is 43.0 Å². The zero-order valence-electron chi connectivity index (χ0n) is 19.4. The highest BCUT2D eigenvalue weighted by atomic mass is 19.1. The fourth-order valence-corrected chi connectivity index (χ4v) is 5.81. The number of fused-ring (bicyclic) bond motifs is 2. The number of aromatic nitrogens is 1. The van der Waals surface area contributed by atoms with Gasteiger partial charge in [0.25, 0.3) is 5.91 Å². The molecule has 1 aromatic carbocycles. The first-order chi connectivity index (χ1) is 17.0. The van der Waals surface area contributed by atoms with E-state index < -0.39 is 11.9 Å². The number of halogens is 1. The molecule has 0 bridgehead atoms. The predicted molar refractivity (Wildman–Crippen MR) is 127 cm³/mol. The third-order valence-corrected chi connectivity index (χ3v) is 7.72. The van der Waals surface area contributed by atoms with E-state index in [0.717, 1.165) is 38.0 Å². The maximum Gasteiger partial charge on any atom is 0.255 e. The molecular weight excluding hydrogens is 447 g/mol. The highest BCUT2D eigenvalue weighted by molar-refractivity contribution is 6.05. The molecule has 3 aliphatic rings. The Bertz CT molecular complexity index is 1340. The Labute approximate surface area is 202 Å². The molecule has 180 valence electrons. The molecule has 7 nitrogen and oxygen atoms in total. The van der Waals surface area contributed by atoms with Gasteiger partial charge in [-0.2, -0.15) is 0 Å². The van der Waals surface area contributed by atoms with E-state index in [-0.39, 0.29) is 36.5 Å². The summed E-state index contributed by atoms with van der Waals surface area (Å²) in [6.45, 7) is 2.91. The molecule has 2 aromatic heterocycles. The Hall–Kier alpha value is -3.52. The van der Waals surface area contributed by atoms with Crippen molar-refractivity contribution >= 4 is 23.2 Å². The number of likely N-dealkylation sites (tertiary alicyclic amines) is 1. The van der Waals surface area contributed by atoms with E-state index in [0.29, 0.717) is 17.5 Å². The van der Waals surface area contributed by atoms with Gasteiger partial charge in [0.15, 0.2) is 0 Å². The summed E-state index contributed by atoms with van der Waals surface area (Å²) in [4.78, 5) is 40.6. The average Bonchev–Trinajstić information content (AvgIpc) is 3.40. The van der Waals surface area contributed by atoms with Gasteiger partial charge < -0.3 is 9.30 Å². The number of benzene rings is 1. The van der Waals surface area contributed by atoms with Gasteiger partial charge >= 0.3 is 0 Å². The minimum atomic E-state index is -0.687. The number of piperidine rings is 2. The molecule has 0 aliphatic carbocycles. The molecule has 0 radical (unpaired) electrons. The van der Waals surface area contributed by atoms with Crippen molar-refractivity contribution in [1.82, 2.24) is 19.5 Å². The molecule has 3 aromatic rings. The number of carbonyl (C=O) groups is 3. The van der Waals surface area contributed by atoms with Gasteiger partial charge in [0.05, 0.1) is 0 Å². The Morgan fingerprint density at radius 1 is 1.00 bits per heavy atom. The number of nitrogens with one attached hydrogen (secondary N) is 1. The molecule has 1 atom stereocenters. The predicted octanol–water partition coefficient (Wildman–Crippen LogP) is 3.22. The first kappa shape index (κ1) is 22.0. The Balaban J connectivity index is 1.14. The van der Waals surface area contributed by atoms with Crippen molar-refractivity contribution in [1.29, 1.82) is 0 Å². The molecule has 8 heteroatoms. The van der Waals surface area contributed by atoms with E-state index in [1.54, 1.807) is 0 Å². The van der Waals surface area contributed by atoms with Gasteiger partial charge in [0.1, 0.15) is 11.9 Å². The quantitative estimate of drug-likeness (QED) is 0.590. The fourth-order valence-electron chi connectivity index (χ4n) is 5.81. The lowest BCUT2D eigenvalue weighted by atomic mass is 9.87. The highest BCUT2D eigenvalue weighted by Crippen LogP contribution is 2.35. The summed E-state index contributed by atoms with van der Waals surface area (Å²) in [7, 11) is 0. The number of hydrogen-bond donors (Lipinski definition) is 1. The molecule has 0 spiro atoms. The lowest BCUT2D eigenvalue weighted by Crippen LogP contribution is -2.52. The van der Waals surface area contributed by atoms with Gasteiger partial charge in [-0.05, 0) is 79.2 Å². The van der Waals surface area contributed by atoms with Crippen LogP contribution in [0.1, 0.15) is 58.6 Å². The SMILES string of the molecule is O=C1CCC(N2Cc3cc(C4CCN(Cc5ccn6ccccc56)CC4)c(F)cc3C2=O)C(=O)N1. The lowest BCUT2D eigenvalue weighted by Gasteiger charge is -2.32. The molecule has 0 saturated carbocycles. The van der Waals surface area contributed by atoms with Crippen LogP contribution >= 0.6 is 0 Å².